The number of benzene rings is 1. The van der Waals surface area contributed by atoms with Crippen LogP contribution in [0.5, 0.6) is 0 Å². The van der Waals surface area contributed by atoms with Crippen molar-refractivity contribution in [3.05, 3.63) is 85.3 Å². The number of carbonyl (C=O) groups excluding carboxylic acids is 2. The van der Waals surface area contributed by atoms with E-state index in [2.05, 4.69) is 25.6 Å². The lowest BCUT2D eigenvalue weighted by Crippen LogP contribution is -2.23. The van der Waals surface area contributed by atoms with Crippen molar-refractivity contribution in [3.8, 4) is 0 Å². The van der Waals surface area contributed by atoms with Crippen molar-refractivity contribution in [1.82, 2.24) is 15.0 Å². The summed E-state index contributed by atoms with van der Waals surface area (Å²) in [6.45, 7) is 0. The van der Waals surface area contributed by atoms with Gasteiger partial charge in [-0.2, -0.15) is 0 Å². The Morgan fingerprint density at radius 2 is 1.62 bits per heavy atom. The van der Waals surface area contributed by atoms with Gasteiger partial charge in [-0.05, 0) is 41.8 Å². The molecule has 0 saturated heterocycles. The number of aromatic amines is 2. The maximum Gasteiger partial charge on any atom is 0.327 e. The Hall–Kier alpha value is -4.05. The maximum atomic E-state index is 12.5. The lowest BCUT2D eigenvalue weighted by Gasteiger charge is -2.08. The number of rotatable bonds is 4. The summed E-state index contributed by atoms with van der Waals surface area (Å²) in [6.07, 6.45) is 1.27. The van der Waals surface area contributed by atoms with Crippen LogP contribution in [0.1, 0.15) is 20.0 Å². The van der Waals surface area contributed by atoms with Crippen molar-refractivity contribution in [2.75, 3.05) is 10.6 Å². The quantitative estimate of drug-likeness (QED) is 0.411. The number of hydrogen-bond acceptors (Lipinski definition) is 6. The average Bonchev–Trinajstić information content (AvgIpc) is 3.24. The molecular weight excluding hydrogens is 394 g/mol. The van der Waals surface area contributed by atoms with Gasteiger partial charge in [0.25, 0.3) is 17.4 Å². The minimum absolute atomic E-state index is 0.0983. The first kappa shape index (κ1) is 18.3. The minimum atomic E-state index is -0.668. The zero-order chi connectivity index (χ0) is 20.4. The van der Waals surface area contributed by atoms with E-state index in [0.29, 0.717) is 16.3 Å². The van der Waals surface area contributed by atoms with Gasteiger partial charge in [-0.3, -0.25) is 24.4 Å². The van der Waals surface area contributed by atoms with Crippen molar-refractivity contribution in [2.24, 2.45) is 0 Å². The number of pyridine rings is 1. The molecule has 4 N–H and O–H groups in total. The highest BCUT2D eigenvalue weighted by atomic mass is 32.1. The first-order valence-electron chi connectivity index (χ1n) is 8.38. The summed E-state index contributed by atoms with van der Waals surface area (Å²) in [5.41, 5.74) is 0.0466. The molecule has 9 nitrogen and oxygen atoms in total. The standard InChI is InChI=1S/C19H13N5O4S/c25-16(10-8-13-15(20-9-10)23-19(28)24-17(13)26)21-11-3-5-12(6-4-11)22-18(27)14-2-1-7-29-14/h1-9H,(H,21,25)(H,22,27)(H2,20,23,24,26,28). The molecule has 4 aromatic rings. The summed E-state index contributed by atoms with van der Waals surface area (Å²) in [7, 11) is 0. The molecule has 0 atom stereocenters. The van der Waals surface area contributed by atoms with Gasteiger partial charge in [0.15, 0.2) is 0 Å². The monoisotopic (exact) mass is 407 g/mol. The number of amides is 2. The fourth-order valence-electron chi connectivity index (χ4n) is 2.61. The van der Waals surface area contributed by atoms with Gasteiger partial charge in [-0.15, -0.1) is 11.3 Å². The number of fused-ring (bicyclic) bond motifs is 1. The fourth-order valence-corrected chi connectivity index (χ4v) is 3.23. The second-order valence-corrected chi connectivity index (χ2v) is 6.94. The smallest absolute Gasteiger partial charge is 0.322 e. The van der Waals surface area contributed by atoms with E-state index in [-0.39, 0.29) is 22.5 Å². The predicted molar refractivity (Wildman–Crippen MR) is 110 cm³/mol. The molecule has 1 aromatic carbocycles. The van der Waals surface area contributed by atoms with Crippen LogP contribution in [0, 0.1) is 0 Å². The first-order valence-corrected chi connectivity index (χ1v) is 9.26. The molecule has 4 rings (SSSR count). The van der Waals surface area contributed by atoms with Crippen LogP contribution in [0.15, 0.2) is 63.6 Å². The number of nitrogens with one attached hydrogen (secondary N) is 4. The number of carbonyl (C=O) groups is 2. The molecule has 0 spiro atoms. The van der Waals surface area contributed by atoms with E-state index in [9.17, 15) is 19.2 Å². The topological polar surface area (TPSA) is 137 Å². The number of thiophene rings is 1. The van der Waals surface area contributed by atoms with E-state index in [1.54, 1.807) is 36.4 Å². The highest BCUT2D eigenvalue weighted by Gasteiger charge is 2.11. The summed E-state index contributed by atoms with van der Waals surface area (Å²) in [6, 6.07) is 11.5. The predicted octanol–water partition coefficient (Wildman–Crippen LogP) is 2.18. The lowest BCUT2D eigenvalue weighted by molar-refractivity contribution is 0.102. The molecule has 10 heteroatoms. The van der Waals surface area contributed by atoms with Crippen LogP contribution >= 0.6 is 11.3 Å². The van der Waals surface area contributed by atoms with Gasteiger partial charge in [-0.25, -0.2) is 9.78 Å². The van der Waals surface area contributed by atoms with E-state index in [0.717, 1.165) is 0 Å². The van der Waals surface area contributed by atoms with Crippen molar-refractivity contribution in [2.45, 2.75) is 0 Å². The second kappa shape index (κ2) is 7.52. The van der Waals surface area contributed by atoms with Gasteiger partial charge in [0.05, 0.1) is 15.8 Å². The van der Waals surface area contributed by atoms with Gasteiger partial charge in [0.2, 0.25) is 0 Å². The molecule has 0 fully saturated rings. The highest BCUT2D eigenvalue weighted by molar-refractivity contribution is 7.12. The molecule has 0 saturated carbocycles. The lowest BCUT2D eigenvalue weighted by atomic mass is 10.2. The van der Waals surface area contributed by atoms with Crippen molar-refractivity contribution in [1.29, 1.82) is 0 Å². The Bertz CT molecular complexity index is 1320. The number of H-pyrrole nitrogens is 2. The maximum absolute atomic E-state index is 12.5. The molecule has 0 bridgehead atoms. The van der Waals surface area contributed by atoms with Crippen molar-refractivity contribution in [3.63, 3.8) is 0 Å². The Morgan fingerprint density at radius 3 is 2.28 bits per heavy atom. The zero-order valence-electron chi connectivity index (χ0n) is 14.7. The first-order chi connectivity index (χ1) is 14.0. The summed E-state index contributed by atoms with van der Waals surface area (Å²) < 4.78 is 0. The van der Waals surface area contributed by atoms with Crippen LogP contribution in [-0.4, -0.2) is 26.8 Å². The number of aromatic nitrogens is 3. The summed E-state index contributed by atoms with van der Waals surface area (Å²) in [5, 5.41) is 7.38. The summed E-state index contributed by atoms with van der Waals surface area (Å²) in [5.74, 6) is -0.678. The Morgan fingerprint density at radius 1 is 0.931 bits per heavy atom. The fraction of sp³-hybridized carbons (Fsp3) is 0. The molecular formula is C19H13N5O4S. The average molecular weight is 407 g/mol. The molecule has 0 aliphatic rings. The SMILES string of the molecule is O=C(Nc1ccc(NC(=O)c2cccs2)cc1)c1cnc2[nH]c(=O)[nH]c(=O)c2c1. The third-order valence-electron chi connectivity index (χ3n) is 4.00. The van der Waals surface area contributed by atoms with Gasteiger partial charge < -0.3 is 10.6 Å². The Balaban J connectivity index is 1.48. The molecule has 3 heterocycles. The third kappa shape index (κ3) is 3.96. The molecule has 3 aromatic heterocycles. The van der Waals surface area contributed by atoms with Crippen LogP contribution in [0.2, 0.25) is 0 Å². The van der Waals surface area contributed by atoms with Crippen LogP contribution in [0.25, 0.3) is 11.0 Å². The van der Waals surface area contributed by atoms with Crippen LogP contribution in [0.4, 0.5) is 11.4 Å². The van der Waals surface area contributed by atoms with Crippen molar-refractivity contribution >= 4 is 45.6 Å². The second-order valence-electron chi connectivity index (χ2n) is 5.99. The van der Waals surface area contributed by atoms with Crippen LogP contribution in [0.3, 0.4) is 0 Å². The van der Waals surface area contributed by atoms with Gasteiger partial charge in [0, 0.05) is 17.6 Å². The molecule has 2 amide bonds. The summed E-state index contributed by atoms with van der Waals surface area (Å²) in [4.78, 5) is 56.7. The number of nitrogens with zero attached hydrogens (tertiary/aromatic N) is 1. The number of anilines is 2. The minimum Gasteiger partial charge on any atom is -0.322 e. The van der Waals surface area contributed by atoms with Gasteiger partial charge >= 0.3 is 5.69 Å². The normalized spacial score (nSPS) is 10.6. The Kier molecular flexibility index (Phi) is 4.75. The number of hydrogen-bond donors (Lipinski definition) is 4. The molecule has 144 valence electrons. The molecule has 29 heavy (non-hydrogen) atoms. The summed E-state index contributed by atoms with van der Waals surface area (Å²) >= 11 is 1.34. The van der Waals surface area contributed by atoms with E-state index in [1.807, 2.05) is 5.38 Å². The van der Waals surface area contributed by atoms with Crippen LogP contribution in [-0.2, 0) is 0 Å². The zero-order valence-corrected chi connectivity index (χ0v) is 15.5. The Labute approximate surface area is 166 Å². The third-order valence-corrected chi connectivity index (χ3v) is 4.87. The van der Waals surface area contributed by atoms with E-state index in [4.69, 9.17) is 0 Å². The molecule has 0 aliphatic heterocycles. The molecule has 0 unspecified atom stereocenters. The van der Waals surface area contributed by atoms with Crippen molar-refractivity contribution < 1.29 is 9.59 Å². The van der Waals surface area contributed by atoms with Crippen LogP contribution < -0.4 is 21.9 Å². The largest absolute Gasteiger partial charge is 0.327 e. The highest BCUT2D eigenvalue weighted by Crippen LogP contribution is 2.17. The van der Waals surface area contributed by atoms with E-state index >= 15 is 0 Å². The molecule has 0 aliphatic carbocycles. The van der Waals surface area contributed by atoms with E-state index in [1.165, 1.54) is 23.6 Å². The van der Waals surface area contributed by atoms with Gasteiger partial charge in [-0.1, -0.05) is 6.07 Å². The van der Waals surface area contributed by atoms with E-state index < -0.39 is 17.2 Å². The molecule has 0 radical (unpaired) electrons. The van der Waals surface area contributed by atoms with Gasteiger partial charge in [0.1, 0.15) is 5.65 Å².